The Kier molecular flexibility index (Phi) is 5.17. The van der Waals surface area contributed by atoms with Gasteiger partial charge in [-0.05, 0) is 41.1 Å². The Morgan fingerprint density at radius 3 is 2.71 bits per heavy atom. The van der Waals surface area contributed by atoms with Gasteiger partial charge in [-0.1, -0.05) is 0 Å². The van der Waals surface area contributed by atoms with E-state index in [1.54, 1.807) is 19.2 Å². The van der Waals surface area contributed by atoms with E-state index in [4.69, 9.17) is 5.73 Å². The van der Waals surface area contributed by atoms with Gasteiger partial charge in [-0.3, -0.25) is 10.1 Å². The summed E-state index contributed by atoms with van der Waals surface area (Å²) in [5.41, 5.74) is 4.09. The molecule has 0 saturated carbocycles. The number of hydrogen-bond donors (Lipinski definition) is 2. The van der Waals surface area contributed by atoms with Crippen LogP contribution in [0.5, 0.6) is 0 Å². The molecule has 0 fully saturated rings. The maximum atomic E-state index is 14.5. The Morgan fingerprint density at radius 2 is 2.17 bits per heavy atom. The molecule has 0 radical (unpaired) electrons. The number of halogens is 2. The molecule has 0 aliphatic rings. The molecule has 3 N–H and O–H groups in total. The van der Waals surface area contributed by atoms with Crippen LogP contribution in [0.1, 0.15) is 15.9 Å². The number of pyridine rings is 1. The van der Waals surface area contributed by atoms with Gasteiger partial charge in [0.15, 0.2) is 5.82 Å². The average molecular weight is 446 g/mol. The monoisotopic (exact) mass is 446 g/mol. The molecule has 0 saturated heterocycles. The van der Waals surface area contributed by atoms with Crippen LogP contribution < -0.4 is 11.1 Å². The van der Waals surface area contributed by atoms with Gasteiger partial charge in [0.05, 0.1) is 23.3 Å². The van der Waals surface area contributed by atoms with Gasteiger partial charge in [0, 0.05) is 15.8 Å². The van der Waals surface area contributed by atoms with Crippen LogP contribution in [0.4, 0.5) is 27.3 Å². The number of rotatable bonds is 4. The zero-order valence-electron chi connectivity index (χ0n) is 12.6. The highest BCUT2D eigenvalue weighted by Crippen LogP contribution is 2.35. The second-order valence-corrected chi connectivity index (χ2v) is 5.98. The van der Waals surface area contributed by atoms with E-state index in [1.807, 2.05) is 0 Å². The topological polar surface area (TPSA) is 120 Å². The molecule has 8 nitrogen and oxygen atoms in total. The highest BCUT2D eigenvalue weighted by Gasteiger charge is 2.27. The lowest BCUT2D eigenvalue weighted by Gasteiger charge is -2.14. The second kappa shape index (κ2) is 6.95. The maximum Gasteiger partial charge on any atom is 0.340 e. The third kappa shape index (κ3) is 3.37. The minimum atomic E-state index is -1.12. The molecule has 0 bridgehead atoms. The van der Waals surface area contributed by atoms with Crippen molar-refractivity contribution >= 4 is 51.4 Å². The highest BCUT2D eigenvalue weighted by atomic mass is 127. The van der Waals surface area contributed by atoms with E-state index >= 15 is 0 Å². The lowest BCUT2D eigenvalue weighted by atomic mass is 10.1. The standard InChI is InChI=1S/C14H12FIN4O4/c1-6-3-7(16)5-18-13(6)19-12-8(14(21)24-2)4-9(20(22)23)11(17)10(12)15/h3-5H,17H2,1-2H3,(H,18,19). The summed E-state index contributed by atoms with van der Waals surface area (Å²) in [5, 5.41) is 13.6. The fourth-order valence-corrected chi connectivity index (χ4v) is 2.59. The predicted octanol–water partition coefficient (Wildman–Crippen LogP) is 3.15. The number of hydrogen-bond acceptors (Lipinski definition) is 7. The molecule has 1 aromatic carbocycles. The summed E-state index contributed by atoms with van der Waals surface area (Å²) in [4.78, 5) is 26.1. The Morgan fingerprint density at radius 1 is 1.50 bits per heavy atom. The predicted molar refractivity (Wildman–Crippen MR) is 93.8 cm³/mol. The van der Waals surface area contributed by atoms with Crippen molar-refractivity contribution in [2.24, 2.45) is 0 Å². The van der Waals surface area contributed by atoms with E-state index < -0.39 is 28.1 Å². The number of carbonyl (C=O) groups is 1. The number of nitrogen functional groups attached to an aromatic ring is 1. The molecule has 0 aliphatic carbocycles. The Labute approximate surface area is 149 Å². The number of nitro benzene ring substituents is 1. The minimum absolute atomic E-state index is 0.285. The molecule has 1 heterocycles. The third-order valence-electron chi connectivity index (χ3n) is 3.17. The quantitative estimate of drug-likeness (QED) is 0.243. The van der Waals surface area contributed by atoms with E-state index in [-0.39, 0.29) is 17.1 Å². The van der Waals surface area contributed by atoms with Gasteiger partial charge in [-0.2, -0.15) is 0 Å². The molecule has 24 heavy (non-hydrogen) atoms. The molecule has 2 rings (SSSR count). The molecule has 0 spiro atoms. The number of anilines is 3. The van der Waals surface area contributed by atoms with Gasteiger partial charge in [0.25, 0.3) is 5.69 Å². The first-order valence-electron chi connectivity index (χ1n) is 6.50. The summed E-state index contributed by atoms with van der Waals surface area (Å²) in [7, 11) is 1.08. The number of methoxy groups -OCH3 is 1. The SMILES string of the molecule is COC(=O)c1cc([N+](=O)[O-])c(N)c(F)c1Nc1ncc(I)cc1C. The summed E-state index contributed by atoms with van der Waals surface area (Å²) < 4.78 is 20.0. The molecule has 1 aromatic heterocycles. The highest BCUT2D eigenvalue weighted by molar-refractivity contribution is 14.1. The number of ether oxygens (including phenoxy) is 1. The number of aromatic nitrogens is 1. The molecule has 0 amide bonds. The van der Waals surface area contributed by atoms with Crippen molar-refractivity contribution in [3.8, 4) is 0 Å². The van der Waals surface area contributed by atoms with Gasteiger partial charge in [0.1, 0.15) is 11.5 Å². The zero-order chi connectivity index (χ0) is 18.0. The van der Waals surface area contributed by atoms with Gasteiger partial charge < -0.3 is 15.8 Å². The van der Waals surface area contributed by atoms with E-state index in [0.717, 1.165) is 16.7 Å². The number of esters is 1. The number of nitrogens with zero attached hydrogens (tertiary/aromatic N) is 2. The van der Waals surface area contributed by atoms with Crippen LogP contribution in [0.2, 0.25) is 0 Å². The van der Waals surface area contributed by atoms with Crippen LogP contribution >= 0.6 is 22.6 Å². The van der Waals surface area contributed by atoms with Crippen molar-refractivity contribution in [3.63, 3.8) is 0 Å². The van der Waals surface area contributed by atoms with Crippen molar-refractivity contribution in [1.29, 1.82) is 0 Å². The molecular weight excluding hydrogens is 434 g/mol. The molecule has 0 aliphatic heterocycles. The second-order valence-electron chi connectivity index (χ2n) is 4.74. The van der Waals surface area contributed by atoms with E-state index in [1.165, 1.54) is 0 Å². The van der Waals surface area contributed by atoms with Crippen LogP contribution in [0, 0.1) is 26.4 Å². The third-order valence-corrected chi connectivity index (χ3v) is 3.76. The van der Waals surface area contributed by atoms with Crippen molar-refractivity contribution in [1.82, 2.24) is 4.98 Å². The number of nitro groups is 1. The number of nitrogens with one attached hydrogen (secondary N) is 1. The van der Waals surface area contributed by atoms with E-state index in [9.17, 15) is 19.3 Å². The fraction of sp³-hybridized carbons (Fsp3) is 0.143. The Bertz CT molecular complexity index is 844. The van der Waals surface area contributed by atoms with Gasteiger partial charge in [-0.15, -0.1) is 0 Å². The van der Waals surface area contributed by atoms with Crippen molar-refractivity contribution in [2.75, 3.05) is 18.2 Å². The molecule has 126 valence electrons. The molecule has 10 heteroatoms. The van der Waals surface area contributed by atoms with Crippen LogP contribution in [0.15, 0.2) is 18.3 Å². The first-order valence-corrected chi connectivity index (χ1v) is 7.58. The first kappa shape index (κ1) is 17.8. The minimum Gasteiger partial charge on any atom is -0.465 e. The van der Waals surface area contributed by atoms with Crippen LogP contribution in [0.3, 0.4) is 0 Å². The Balaban J connectivity index is 2.65. The maximum absolute atomic E-state index is 14.5. The van der Waals surface area contributed by atoms with Crippen LogP contribution in [-0.4, -0.2) is 23.0 Å². The van der Waals surface area contributed by atoms with Gasteiger partial charge >= 0.3 is 5.97 Å². The van der Waals surface area contributed by atoms with Gasteiger partial charge in [0.2, 0.25) is 0 Å². The number of benzene rings is 1. The van der Waals surface area contributed by atoms with Crippen molar-refractivity contribution in [3.05, 3.63) is 49.0 Å². The average Bonchev–Trinajstić information content (AvgIpc) is 2.53. The lowest BCUT2D eigenvalue weighted by Crippen LogP contribution is -2.12. The summed E-state index contributed by atoms with van der Waals surface area (Å²) in [6.45, 7) is 1.74. The smallest absolute Gasteiger partial charge is 0.340 e. The summed E-state index contributed by atoms with van der Waals surface area (Å²) in [5.74, 6) is -1.78. The van der Waals surface area contributed by atoms with Gasteiger partial charge in [-0.25, -0.2) is 14.2 Å². The lowest BCUT2D eigenvalue weighted by molar-refractivity contribution is -0.384. The Hall–Kier alpha value is -2.50. The number of nitrogens with two attached hydrogens (primary N) is 1. The zero-order valence-corrected chi connectivity index (χ0v) is 14.8. The summed E-state index contributed by atoms with van der Waals surface area (Å²) in [6, 6.07) is 2.66. The molecule has 0 atom stereocenters. The van der Waals surface area contributed by atoms with Crippen LogP contribution in [0.25, 0.3) is 0 Å². The summed E-state index contributed by atoms with van der Waals surface area (Å²) >= 11 is 2.07. The molecule has 0 unspecified atom stereocenters. The van der Waals surface area contributed by atoms with Crippen LogP contribution in [-0.2, 0) is 4.74 Å². The molecule has 2 aromatic rings. The largest absolute Gasteiger partial charge is 0.465 e. The number of aryl methyl sites for hydroxylation is 1. The molecular formula is C14H12FIN4O4. The van der Waals surface area contributed by atoms with E-state index in [0.29, 0.717) is 5.56 Å². The number of carbonyl (C=O) groups excluding carboxylic acids is 1. The van der Waals surface area contributed by atoms with Crippen molar-refractivity contribution in [2.45, 2.75) is 6.92 Å². The normalized spacial score (nSPS) is 10.3. The van der Waals surface area contributed by atoms with Crippen molar-refractivity contribution < 1.29 is 18.8 Å². The summed E-state index contributed by atoms with van der Waals surface area (Å²) in [6.07, 6.45) is 1.54. The van der Waals surface area contributed by atoms with E-state index in [2.05, 4.69) is 37.6 Å². The first-order chi connectivity index (χ1) is 11.3. The fourth-order valence-electron chi connectivity index (χ4n) is 1.99.